The molecule has 0 radical (unpaired) electrons. The predicted octanol–water partition coefficient (Wildman–Crippen LogP) is 3.59. The van der Waals surface area contributed by atoms with Gasteiger partial charge in [-0.3, -0.25) is 0 Å². The molecule has 88 valence electrons. The van der Waals surface area contributed by atoms with Crippen molar-refractivity contribution in [2.45, 2.75) is 19.8 Å². The molecule has 1 heterocycles. The van der Waals surface area contributed by atoms with Gasteiger partial charge in [0, 0.05) is 11.8 Å². The van der Waals surface area contributed by atoms with E-state index >= 15 is 0 Å². The van der Waals surface area contributed by atoms with Crippen molar-refractivity contribution in [2.24, 2.45) is 0 Å². The number of nitrogen functional groups attached to an aromatic ring is 1. The predicted molar refractivity (Wildman–Crippen MR) is 68.1 cm³/mol. The third-order valence-electron chi connectivity index (χ3n) is 2.76. The number of aromatic nitrogens is 1. The topological polar surface area (TPSA) is 38.9 Å². The highest BCUT2D eigenvalue weighted by Crippen LogP contribution is 2.24. The van der Waals surface area contributed by atoms with Crippen molar-refractivity contribution in [1.29, 1.82) is 0 Å². The van der Waals surface area contributed by atoms with Crippen LogP contribution in [0.15, 0.2) is 36.5 Å². The van der Waals surface area contributed by atoms with Crippen LogP contribution < -0.4 is 5.73 Å². The molecule has 2 N–H and O–H groups in total. The van der Waals surface area contributed by atoms with E-state index in [1.165, 1.54) is 11.6 Å². The zero-order valence-electron chi connectivity index (χ0n) is 9.94. The van der Waals surface area contributed by atoms with Crippen molar-refractivity contribution < 1.29 is 4.39 Å². The molecule has 0 atom stereocenters. The third-order valence-corrected chi connectivity index (χ3v) is 2.76. The van der Waals surface area contributed by atoms with Gasteiger partial charge in [-0.05, 0) is 23.1 Å². The molecule has 0 fully saturated rings. The van der Waals surface area contributed by atoms with Gasteiger partial charge in [-0.25, -0.2) is 9.37 Å². The van der Waals surface area contributed by atoms with E-state index in [-0.39, 0.29) is 5.82 Å². The van der Waals surface area contributed by atoms with Gasteiger partial charge in [0.15, 0.2) is 11.6 Å². The SMILES string of the molecule is CC(C)c1cccc(-c2cnc(N)c(F)c2)c1. The summed E-state index contributed by atoms with van der Waals surface area (Å²) < 4.78 is 13.3. The van der Waals surface area contributed by atoms with Crippen LogP contribution in [0, 0.1) is 5.82 Å². The first kappa shape index (κ1) is 11.6. The highest BCUT2D eigenvalue weighted by atomic mass is 19.1. The van der Waals surface area contributed by atoms with Crippen molar-refractivity contribution in [3.63, 3.8) is 0 Å². The lowest BCUT2D eigenvalue weighted by Gasteiger charge is -2.08. The molecule has 0 saturated carbocycles. The first-order chi connectivity index (χ1) is 8.08. The van der Waals surface area contributed by atoms with Crippen LogP contribution in [0.5, 0.6) is 0 Å². The molecule has 0 saturated heterocycles. The molecule has 2 nitrogen and oxygen atoms in total. The van der Waals surface area contributed by atoms with Gasteiger partial charge in [0.1, 0.15) is 0 Å². The number of nitrogens with two attached hydrogens (primary N) is 1. The fourth-order valence-electron chi connectivity index (χ4n) is 1.68. The summed E-state index contributed by atoms with van der Waals surface area (Å²) in [5, 5.41) is 0. The molecule has 0 bridgehead atoms. The molecule has 2 aromatic rings. The molecule has 0 aliphatic carbocycles. The average molecular weight is 230 g/mol. The molecule has 17 heavy (non-hydrogen) atoms. The maximum atomic E-state index is 13.3. The molecule has 1 aromatic carbocycles. The summed E-state index contributed by atoms with van der Waals surface area (Å²) >= 11 is 0. The highest BCUT2D eigenvalue weighted by Gasteiger charge is 2.05. The minimum absolute atomic E-state index is 0.0613. The van der Waals surface area contributed by atoms with Gasteiger partial charge in [-0.1, -0.05) is 38.1 Å². The van der Waals surface area contributed by atoms with Crippen molar-refractivity contribution in [1.82, 2.24) is 4.98 Å². The Morgan fingerprint density at radius 3 is 2.59 bits per heavy atom. The van der Waals surface area contributed by atoms with E-state index in [0.29, 0.717) is 5.92 Å². The lowest BCUT2D eigenvalue weighted by atomic mass is 9.98. The Kier molecular flexibility index (Phi) is 3.09. The Morgan fingerprint density at radius 1 is 1.18 bits per heavy atom. The average Bonchev–Trinajstić information content (AvgIpc) is 2.33. The van der Waals surface area contributed by atoms with Gasteiger partial charge in [0.25, 0.3) is 0 Å². The van der Waals surface area contributed by atoms with Crippen LogP contribution in [-0.2, 0) is 0 Å². The van der Waals surface area contributed by atoms with Gasteiger partial charge < -0.3 is 5.73 Å². The molecule has 0 spiro atoms. The smallest absolute Gasteiger partial charge is 0.165 e. The van der Waals surface area contributed by atoms with Crippen molar-refractivity contribution >= 4 is 5.82 Å². The van der Waals surface area contributed by atoms with E-state index in [4.69, 9.17) is 5.73 Å². The second kappa shape index (κ2) is 4.53. The second-order valence-electron chi connectivity index (χ2n) is 4.37. The van der Waals surface area contributed by atoms with Gasteiger partial charge in [-0.2, -0.15) is 0 Å². The minimum Gasteiger partial charge on any atom is -0.381 e. The largest absolute Gasteiger partial charge is 0.381 e. The number of pyridine rings is 1. The van der Waals surface area contributed by atoms with Gasteiger partial charge in [0.2, 0.25) is 0 Å². The van der Waals surface area contributed by atoms with Crippen LogP contribution in [0.4, 0.5) is 10.2 Å². The van der Waals surface area contributed by atoms with E-state index in [1.54, 1.807) is 6.20 Å². The normalized spacial score (nSPS) is 10.8. The lowest BCUT2D eigenvalue weighted by Crippen LogP contribution is -1.95. The quantitative estimate of drug-likeness (QED) is 0.856. The van der Waals surface area contributed by atoms with Crippen LogP contribution >= 0.6 is 0 Å². The van der Waals surface area contributed by atoms with E-state index in [0.717, 1.165) is 11.1 Å². The molecular formula is C14H15FN2. The van der Waals surface area contributed by atoms with Crippen LogP contribution in [0.25, 0.3) is 11.1 Å². The summed E-state index contributed by atoms with van der Waals surface area (Å²) in [6.07, 6.45) is 1.60. The number of anilines is 1. The van der Waals surface area contributed by atoms with E-state index < -0.39 is 5.82 Å². The monoisotopic (exact) mass is 230 g/mol. The van der Waals surface area contributed by atoms with E-state index in [1.807, 2.05) is 12.1 Å². The molecule has 3 heteroatoms. The molecular weight excluding hydrogens is 215 g/mol. The zero-order valence-corrected chi connectivity index (χ0v) is 9.94. The fourth-order valence-corrected chi connectivity index (χ4v) is 1.68. The maximum absolute atomic E-state index is 13.3. The summed E-state index contributed by atoms with van der Waals surface area (Å²) in [5.41, 5.74) is 8.29. The van der Waals surface area contributed by atoms with E-state index in [2.05, 4.69) is 31.0 Å². The Balaban J connectivity index is 2.45. The number of nitrogens with zero attached hydrogens (tertiary/aromatic N) is 1. The molecule has 0 amide bonds. The van der Waals surface area contributed by atoms with Crippen LogP contribution in [0.2, 0.25) is 0 Å². The molecule has 0 aliphatic heterocycles. The number of benzene rings is 1. The van der Waals surface area contributed by atoms with Crippen molar-refractivity contribution in [2.75, 3.05) is 5.73 Å². The third kappa shape index (κ3) is 2.44. The summed E-state index contributed by atoms with van der Waals surface area (Å²) in [4.78, 5) is 3.83. The number of hydrogen-bond donors (Lipinski definition) is 1. The van der Waals surface area contributed by atoms with Crippen LogP contribution in [-0.4, -0.2) is 4.98 Å². The first-order valence-corrected chi connectivity index (χ1v) is 5.59. The molecule has 1 aromatic heterocycles. The fraction of sp³-hybridized carbons (Fsp3) is 0.214. The maximum Gasteiger partial charge on any atom is 0.165 e. The summed E-state index contributed by atoms with van der Waals surface area (Å²) in [7, 11) is 0. The zero-order chi connectivity index (χ0) is 12.4. The highest BCUT2D eigenvalue weighted by molar-refractivity contribution is 5.64. The molecule has 0 aliphatic rings. The Labute approximate surface area is 100 Å². The molecule has 0 unspecified atom stereocenters. The number of rotatable bonds is 2. The summed E-state index contributed by atoms with van der Waals surface area (Å²) in [6.45, 7) is 4.25. The first-order valence-electron chi connectivity index (χ1n) is 5.59. The summed E-state index contributed by atoms with van der Waals surface area (Å²) in [5.74, 6) is -0.0900. The molecule has 2 rings (SSSR count). The summed E-state index contributed by atoms with van der Waals surface area (Å²) in [6, 6.07) is 9.45. The van der Waals surface area contributed by atoms with Crippen molar-refractivity contribution in [3.05, 3.63) is 47.9 Å². The Hall–Kier alpha value is -1.90. The van der Waals surface area contributed by atoms with Gasteiger partial charge >= 0.3 is 0 Å². The van der Waals surface area contributed by atoms with Gasteiger partial charge in [-0.15, -0.1) is 0 Å². The number of hydrogen-bond acceptors (Lipinski definition) is 2. The Morgan fingerprint density at radius 2 is 1.94 bits per heavy atom. The standard InChI is InChI=1S/C14H15FN2/c1-9(2)10-4-3-5-11(6-10)12-7-13(15)14(16)17-8-12/h3-9H,1-2H3,(H2,16,17). The van der Waals surface area contributed by atoms with Crippen LogP contribution in [0.1, 0.15) is 25.3 Å². The minimum atomic E-state index is -0.475. The number of halogens is 1. The Bertz CT molecular complexity index is 535. The second-order valence-corrected chi connectivity index (χ2v) is 4.37. The van der Waals surface area contributed by atoms with Crippen LogP contribution in [0.3, 0.4) is 0 Å². The van der Waals surface area contributed by atoms with Crippen molar-refractivity contribution in [3.8, 4) is 11.1 Å². The van der Waals surface area contributed by atoms with Gasteiger partial charge in [0.05, 0.1) is 0 Å². The lowest BCUT2D eigenvalue weighted by molar-refractivity contribution is 0.628. The van der Waals surface area contributed by atoms with E-state index in [9.17, 15) is 4.39 Å².